The van der Waals surface area contributed by atoms with Crippen molar-refractivity contribution in [1.82, 2.24) is 5.32 Å². The summed E-state index contributed by atoms with van der Waals surface area (Å²) in [5.41, 5.74) is 2.02. The lowest BCUT2D eigenvalue weighted by Crippen LogP contribution is -2.18. The van der Waals surface area contributed by atoms with E-state index in [-0.39, 0.29) is 6.04 Å². The second-order valence-electron chi connectivity index (χ2n) is 4.71. The van der Waals surface area contributed by atoms with Crippen LogP contribution in [0.15, 0.2) is 22.6 Å². The Bertz CT molecular complexity index is 531. The molecule has 1 aromatic carbocycles. The first-order valence-electron chi connectivity index (χ1n) is 6.47. The summed E-state index contributed by atoms with van der Waals surface area (Å²) in [6.07, 6.45) is 1.12. The van der Waals surface area contributed by atoms with Crippen LogP contribution in [0.5, 0.6) is 5.75 Å². The maximum Gasteiger partial charge on any atom is 0.176 e. The molecule has 0 aliphatic rings. The molecule has 2 rings (SSSR count). The molecule has 0 saturated heterocycles. The first-order valence-corrected chi connectivity index (χ1v) is 6.47. The van der Waals surface area contributed by atoms with E-state index in [1.54, 1.807) is 7.11 Å². The molecule has 1 aromatic heterocycles. The predicted octanol–water partition coefficient (Wildman–Crippen LogP) is 3.81. The summed E-state index contributed by atoms with van der Waals surface area (Å²) in [6.45, 7) is 7.33. The zero-order valence-corrected chi connectivity index (χ0v) is 11.5. The summed E-state index contributed by atoms with van der Waals surface area (Å²) < 4.78 is 11.3. The van der Waals surface area contributed by atoms with Crippen molar-refractivity contribution in [3.8, 4) is 5.75 Å². The molecule has 0 fully saturated rings. The van der Waals surface area contributed by atoms with E-state index in [0.717, 1.165) is 35.4 Å². The van der Waals surface area contributed by atoms with Crippen molar-refractivity contribution in [3.05, 3.63) is 29.5 Å². The molecule has 0 saturated carbocycles. The van der Waals surface area contributed by atoms with Gasteiger partial charge in [0.15, 0.2) is 11.3 Å². The van der Waals surface area contributed by atoms with E-state index in [0.29, 0.717) is 0 Å². The zero-order chi connectivity index (χ0) is 13.1. The SMILES string of the molecule is CCCNC(C)c1cc2cc(C)cc(OC)c2o1. The number of fused-ring (bicyclic) bond motifs is 1. The number of aryl methyl sites for hydroxylation is 1. The molecular formula is C15H21NO2. The van der Waals surface area contributed by atoms with Crippen molar-refractivity contribution in [1.29, 1.82) is 0 Å². The molecule has 2 aromatic rings. The van der Waals surface area contributed by atoms with E-state index >= 15 is 0 Å². The molecule has 1 unspecified atom stereocenters. The van der Waals surface area contributed by atoms with Crippen LogP contribution < -0.4 is 10.1 Å². The van der Waals surface area contributed by atoms with Gasteiger partial charge in [-0.1, -0.05) is 6.92 Å². The van der Waals surface area contributed by atoms with Gasteiger partial charge in [-0.25, -0.2) is 0 Å². The standard InChI is InChI=1S/C15H21NO2/c1-5-6-16-11(3)13-9-12-7-10(2)8-14(17-4)15(12)18-13/h7-9,11,16H,5-6H2,1-4H3. The number of benzene rings is 1. The van der Waals surface area contributed by atoms with Crippen molar-refractivity contribution in [2.24, 2.45) is 0 Å². The number of ether oxygens (including phenoxy) is 1. The third-order valence-corrected chi connectivity index (χ3v) is 3.09. The van der Waals surface area contributed by atoms with Crippen molar-refractivity contribution >= 4 is 11.0 Å². The van der Waals surface area contributed by atoms with Gasteiger partial charge in [0, 0.05) is 5.39 Å². The Hall–Kier alpha value is -1.48. The minimum absolute atomic E-state index is 0.224. The minimum atomic E-state index is 0.224. The van der Waals surface area contributed by atoms with E-state index in [4.69, 9.17) is 9.15 Å². The Labute approximate surface area is 108 Å². The normalized spacial score (nSPS) is 12.9. The summed E-state index contributed by atoms with van der Waals surface area (Å²) in [5.74, 6) is 1.77. The maximum atomic E-state index is 5.92. The molecule has 98 valence electrons. The summed E-state index contributed by atoms with van der Waals surface area (Å²) in [4.78, 5) is 0. The third kappa shape index (κ3) is 2.51. The largest absolute Gasteiger partial charge is 0.493 e. The van der Waals surface area contributed by atoms with Gasteiger partial charge in [-0.05, 0) is 50.6 Å². The van der Waals surface area contributed by atoms with Gasteiger partial charge in [0.05, 0.1) is 13.2 Å². The lowest BCUT2D eigenvalue weighted by atomic mass is 10.1. The van der Waals surface area contributed by atoms with Crippen LogP contribution in [0.4, 0.5) is 0 Å². The van der Waals surface area contributed by atoms with Crippen molar-refractivity contribution in [3.63, 3.8) is 0 Å². The van der Waals surface area contributed by atoms with Crippen LogP contribution in [0.25, 0.3) is 11.0 Å². The molecule has 18 heavy (non-hydrogen) atoms. The smallest absolute Gasteiger partial charge is 0.176 e. The Kier molecular flexibility index (Phi) is 3.92. The number of hydrogen-bond donors (Lipinski definition) is 1. The van der Waals surface area contributed by atoms with Gasteiger partial charge < -0.3 is 14.5 Å². The number of rotatable bonds is 5. The summed E-state index contributed by atoms with van der Waals surface area (Å²) >= 11 is 0. The first-order chi connectivity index (χ1) is 8.65. The topological polar surface area (TPSA) is 34.4 Å². The highest BCUT2D eigenvalue weighted by molar-refractivity contribution is 5.84. The van der Waals surface area contributed by atoms with Gasteiger partial charge >= 0.3 is 0 Å². The van der Waals surface area contributed by atoms with Crippen LogP contribution in [0.1, 0.15) is 37.6 Å². The van der Waals surface area contributed by atoms with Crippen molar-refractivity contribution < 1.29 is 9.15 Å². The van der Waals surface area contributed by atoms with Crippen LogP contribution in [0.2, 0.25) is 0 Å². The van der Waals surface area contributed by atoms with Gasteiger partial charge in [-0.15, -0.1) is 0 Å². The number of furan rings is 1. The molecule has 0 aliphatic heterocycles. The second-order valence-corrected chi connectivity index (χ2v) is 4.71. The van der Waals surface area contributed by atoms with E-state index in [2.05, 4.69) is 38.2 Å². The fraction of sp³-hybridized carbons (Fsp3) is 0.467. The van der Waals surface area contributed by atoms with Crippen LogP contribution in [0.3, 0.4) is 0 Å². The van der Waals surface area contributed by atoms with Crippen molar-refractivity contribution in [2.75, 3.05) is 13.7 Å². The molecule has 0 bridgehead atoms. The Morgan fingerprint density at radius 1 is 1.33 bits per heavy atom. The van der Waals surface area contributed by atoms with E-state index in [1.807, 2.05) is 6.07 Å². The molecular weight excluding hydrogens is 226 g/mol. The highest BCUT2D eigenvalue weighted by Crippen LogP contribution is 2.32. The minimum Gasteiger partial charge on any atom is -0.493 e. The third-order valence-electron chi connectivity index (χ3n) is 3.09. The average molecular weight is 247 g/mol. The van der Waals surface area contributed by atoms with Crippen molar-refractivity contribution in [2.45, 2.75) is 33.2 Å². The maximum absolute atomic E-state index is 5.92. The molecule has 0 spiro atoms. The molecule has 1 heterocycles. The fourth-order valence-corrected chi connectivity index (χ4v) is 2.11. The molecule has 0 amide bonds. The molecule has 0 aliphatic carbocycles. The van der Waals surface area contributed by atoms with E-state index in [1.165, 1.54) is 5.56 Å². The van der Waals surface area contributed by atoms with Crippen LogP contribution >= 0.6 is 0 Å². The first kappa shape index (κ1) is 13.0. The quantitative estimate of drug-likeness (QED) is 0.872. The number of nitrogens with one attached hydrogen (secondary N) is 1. The molecule has 3 nitrogen and oxygen atoms in total. The second kappa shape index (κ2) is 5.44. The van der Waals surface area contributed by atoms with Crippen LogP contribution in [-0.4, -0.2) is 13.7 Å². The lowest BCUT2D eigenvalue weighted by molar-refractivity contribution is 0.399. The van der Waals surface area contributed by atoms with Crippen LogP contribution in [0, 0.1) is 6.92 Å². The number of methoxy groups -OCH3 is 1. The molecule has 1 N–H and O–H groups in total. The summed E-state index contributed by atoms with van der Waals surface area (Å²) in [7, 11) is 1.68. The Balaban J connectivity index is 2.37. The number of hydrogen-bond acceptors (Lipinski definition) is 3. The Morgan fingerprint density at radius 2 is 2.11 bits per heavy atom. The summed E-state index contributed by atoms with van der Waals surface area (Å²) in [6, 6.07) is 6.44. The summed E-state index contributed by atoms with van der Waals surface area (Å²) in [5, 5.41) is 4.53. The Morgan fingerprint density at radius 3 is 2.78 bits per heavy atom. The predicted molar refractivity (Wildman–Crippen MR) is 74.2 cm³/mol. The average Bonchev–Trinajstić information content (AvgIpc) is 2.78. The van der Waals surface area contributed by atoms with Gasteiger partial charge in [-0.3, -0.25) is 0 Å². The zero-order valence-electron chi connectivity index (χ0n) is 11.5. The molecule has 1 atom stereocenters. The molecule has 3 heteroatoms. The van der Waals surface area contributed by atoms with Gasteiger partial charge in [0.1, 0.15) is 5.76 Å². The lowest BCUT2D eigenvalue weighted by Gasteiger charge is -2.09. The fourth-order valence-electron chi connectivity index (χ4n) is 2.11. The monoisotopic (exact) mass is 247 g/mol. The molecule has 0 radical (unpaired) electrons. The van der Waals surface area contributed by atoms with Crippen LogP contribution in [-0.2, 0) is 0 Å². The van der Waals surface area contributed by atoms with E-state index < -0.39 is 0 Å². The van der Waals surface area contributed by atoms with Gasteiger partial charge in [-0.2, -0.15) is 0 Å². The van der Waals surface area contributed by atoms with E-state index in [9.17, 15) is 0 Å². The van der Waals surface area contributed by atoms with Gasteiger partial charge in [0.2, 0.25) is 0 Å². The van der Waals surface area contributed by atoms with Gasteiger partial charge in [0.25, 0.3) is 0 Å². The highest BCUT2D eigenvalue weighted by Gasteiger charge is 2.14. The highest BCUT2D eigenvalue weighted by atomic mass is 16.5.